The molecule has 2 nitrogen and oxygen atoms in total. The van der Waals surface area contributed by atoms with Gasteiger partial charge in [-0.25, -0.2) is 0 Å². The van der Waals surface area contributed by atoms with Crippen molar-refractivity contribution in [2.24, 2.45) is 46.3 Å². The normalized spacial score (nSPS) is 47.6. The fourth-order valence-electron chi connectivity index (χ4n) is 9.31. The second-order valence-corrected chi connectivity index (χ2v) is 12.9. The molecule has 32 heavy (non-hydrogen) atoms. The van der Waals surface area contributed by atoms with Gasteiger partial charge in [0.2, 0.25) is 0 Å². The van der Waals surface area contributed by atoms with Crippen LogP contribution in [0.25, 0.3) is 0 Å². The predicted octanol–water partition coefficient (Wildman–Crippen LogP) is 7.92. The van der Waals surface area contributed by atoms with Crippen molar-refractivity contribution < 1.29 is 9.59 Å². The Hall–Kier alpha value is -0.660. The molecule has 5 aliphatic rings. The van der Waals surface area contributed by atoms with Crippen molar-refractivity contribution in [3.05, 3.63) is 0 Å². The van der Waals surface area contributed by atoms with Gasteiger partial charge in [0, 0.05) is 0 Å². The lowest BCUT2D eigenvalue weighted by Gasteiger charge is -2.58. The lowest BCUT2D eigenvalue weighted by Crippen LogP contribution is -2.68. The largest absolute Gasteiger partial charge is 0.297 e. The van der Waals surface area contributed by atoms with Crippen molar-refractivity contribution in [2.45, 2.75) is 129 Å². The average Bonchev–Trinajstić information content (AvgIpc) is 2.88. The first-order valence-corrected chi connectivity index (χ1v) is 14.6. The minimum Gasteiger partial charge on any atom is -0.297 e. The number of hydrogen-bond donors (Lipinski definition) is 0. The van der Waals surface area contributed by atoms with Crippen LogP contribution in [-0.4, -0.2) is 11.6 Å². The van der Waals surface area contributed by atoms with Gasteiger partial charge in [0.1, 0.15) is 0 Å². The molecule has 0 bridgehead atoms. The fraction of sp³-hybridized carbons (Fsp3) is 0.933. The molecule has 0 saturated heterocycles. The van der Waals surface area contributed by atoms with Crippen LogP contribution in [0.15, 0.2) is 0 Å². The first-order chi connectivity index (χ1) is 15.5. The highest BCUT2D eigenvalue weighted by Crippen LogP contribution is 2.62. The summed E-state index contributed by atoms with van der Waals surface area (Å²) in [5, 5.41) is 0. The molecule has 0 aromatic rings. The summed E-state index contributed by atoms with van der Waals surface area (Å²) >= 11 is 0. The van der Waals surface area contributed by atoms with E-state index in [1.54, 1.807) is 0 Å². The third-order valence-corrected chi connectivity index (χ3v) is 11.8. The van der Waals surface area contributed by atoms with E-state index in [0.29, 0.717) is 11.6 Å². The van der Waals surface area contributed by atoms with Crippen LogP contribution in [0.4, 0.5) is 0 Å². The zero-order chi connectivity index (χ0) is 22.3. The fourth-order valence-corrected chi connectivity index (χ4v) is 9.31. The van der Waals surface area contributed by atoms with Crippen LogP contribution in [0.3, 0.4) is 0 Å². The number of carbonyl (C=O) groups excluding carboxylic acids is 2. The molecule has 0 aromatic carbocycles. The maximum Gasteiger partial charge on any atom is 0.159 e. The first kappa shape index (κ1) is 23.1. The van der Waals surface area contributed by atoms with Gasteiger partial charge in [-0.3, -0.25) is 9.59 Å². The second-order valence-electron chi connectivity index (χ2n) is 12.9. The Morgan fingerprint density at radius 3 is 1.06 bits per heavy atom. The summed E-state index contributed by atoms with van der Waals surface area (Å²) in [6.45, 7) is 4.67. The van der Waals surface area contributed by atoms with Gasteiger partial charge in [-0.05, 0) is 113 Å². The minimum absolute atomic E-state index is 0.399. The summed E-state index contributed by atoms with van der Waals surface area (Å²) in [6, 6.07) is 0. The lowest BCUT2D eigenvalue weighted by atomic mass is 9.41. The van der Waals surface area contributed by atoms with E-state index in [0.717, 1.165) is 86.9 Å². The molecule has 0 aromatic heterocycles. The number of carbonyl (C=O) groups is 2. The lowest BCUT2D eigenvalue weighted by molar-refractivity contribution is -0.179. The quantitative estimate of drug-likeness (QED) is 0.416. The Morgan fingerprint density at radius 2 is 0.781 bits per heavy atom. The predicted molar refractivity (Wildman–Crippen MR) is 130 cm³/mol. The molecule has 0 radical (unpaired) electrons. The molecule has 0 atom stereocenters. The van der Waals surface area contributed by atoms with Crippen molar-refractivity contribution in [2.75, 3.05) is 0 Å². The molecule has 5 fully saturated rings. The van der Waals surface area contributed by atoms with Crippen molar-refractivity contribution in [1.82, 2.24) is 0 Å². The van der Waals surface area contributed by atoms with E-state index >= 15 is 0 Å². The van der Waals surface area contributed by atoms with Gasteiger partial charge in [-0.1, -0.05) is 52.4 Å². The molecule has 5 saturated carbocycles. The highest BCUT2D eigenvalue weighted by molar-refractivity contribution is 6.30. The van der Waals surface area contributed by atoms with Crippen molar-refractivity contribution >= 4 is 11.6 Å². The molecular weight excluding hydrogens is 392 g/mol. The van der Waals surface area contributed by atoms with Crippen LogP contribution in [0.2, 0.25) is 0 Å². The zero-order valence-electron chi connectivity index (χ0n) is 21.0. The van der Waals surface area contributed by atoms with Crippen LogP contribution in [0.1, 0.15) is 129 Å². The van der Waals surface area contributed by atoms with Crippen molar-refractivity contribution in [1.29, 1.82) is 0 Å². The molecule has 5 aliphatic carbocycles. The highest BCUT2D eigenvalue weighted by atomic mass is 16.2. The summed E-state index contributed by atoms with van der Waals surface area (Å²) in [5.74, 6) is 6.00. The van der Waals surface area contributed by atoms with E-state index in [2.05, 4.69) is 13.8 Å². The number of ketones is 2. The molecule has 0 amide bonds. The van der Waals surface area contributed by atoms with E-state index < -0.39 is 10.8 Å². The Morgan fingerprint density at radius 1 is 0.500 bits per heavy atom. The monoisotopic (exact) mass is 440 g/mol. The van der Waals surface area contributed by atoms with Crippen LogP contribution >= 0.6 is 0 Å². The maximum absolute atomic E-state index is 13.6. The van der Waals surface area contributed by atoms with Gasteiger partial charge in [0.25, 0.3) is 0 Å². The molecular formula is C30H48O2. The molecule has 180 valence electrons. The third kappa shape index (κ3) is 3.74. The van der Waals surface area contributed by atoms with E-state index in [4.69, 9.17) is 0 Å². The minimum atomic E-state index is -0.539. The van der Waals surface area contributed by atoms with E-state index in [1.807, 2.05) is 0 Å². The molecule has 2 heteroatoms. The SMILES string of the molecule is CCC1CCC(C2CCC3(CC2)C(=O)C2(CCC(C4CCC(CC)CC4)CC2)C3=O)CC1. The molecule has 0 unspecified atom stereocenters. The molecule has 0 heterocycles. The summed E-state index contributed by atoms with van der Waals surface area (Å²) in [6.07, 6.45) is 22.0. The number of rotatable bonds is 4. The smallest absolute Gasteiger partial charge is 0.159 e. The van der Waals surface area contributed by atoms with Gasteiger partial charge in [-0.15, -0.1) is 0 Å². The standard InChI is InChI=1S/C30H48O2/c1-3-21-5-9-23(10-6-21)25-13-17-29(18-14-25)27(31)30(28(29)32)19-15-26(16-20-30)24-11-7-22(4-2)8-12-24/h21-26H,3-20H2,1-2H3. The third-order valence-electron chi connectivity index (χ3n) is 11.8. The summed E-state index contributed by atoms with van der Waals surface area (Å²) in [5.41, 5.74) is -1.08. The van der Waals surface area contributed by atoms with E-state index in [-0.39, 0.29) is 0 Å². The van der Waals surface area contributed by atoms with E-state index in [1.165, 1.54) is 64.2 Å². The molecule has 0 aliphatic heterocycles. The van der Waals surface area contributed by atoms with Crippen LogP contribution < -0.4 is 0 Å². The van der Waals surface area contributed by atoms with Gasteiger partial charge in [0.15, 0.2) is 11.6 Å². The van der Waals surface area contributed by atoms with Gasteiger partial charge in [0.05, 0.1) is 10.8 Å². The number of Topliss-reactive ketones (excluding diaryl/α,β-unsaturated/α-hetero) is 2. The van der Waals surface area contributed by atoms with Crippen molar-refractivity contribution in [3.63, 3.8) is 0 Å². The Labute approximate surface area is 197 Å². The first-order valence-electron chi connectivity index (χ1n) is 14.6. The maximum atomic E-state index is 13.6. The Bertz CT molecular complexity index is 600. The van der Waals surface area contributed by atoms with Crippen LogP contribution in [0.5, 0.6) is 0 Å². The summed E-state index contributed by atoms with van der Waals surface area (Å²) in [7, 11) is 0. The number of hydrogen-bond acceptors (Lipinski definition) is 2. The Balaban J connectivity index is 1.13. The molecule has 0 N–H and O–H groups in total. The van der Waals surface area contributed by atoms with Gasteiger partial charge >= 0.3 is 0 Å². The molecule has 5 rings (SSSR count). The average molecular weight is 441 g/mol. The van der Waals surface area contributed by atoms with Crippen LogP contribution in [0, 0.1) is 46.3 Å². The van der Waals surface area contributed by atoms with Crippen LogP contribution in [-0.2, 0) is 9.59 Å². The zero-order valence-corrected chi connectivity index (χ0v) is 21.0. The van der Waals surface area contributed by atoms with Gasteiger partial charge < -0.3 is 0 Å². The summed E-state index contributed by atoms with van der Waals surface area (Å²) in [4.78, 5) is 27.3. The summed E-state index contributed by atoms with van der Waals surface area (Å²) < 4.78 is 0. The molecule has 2 spiro atoms. The van der Waals surface area contributed by atoms with E-state index in [9.17, 15) is 9.59 Å². The Kier molecular flexibility index (Phi) is 6.63. The second kappa shape index (κ2) is 9.18. The topological polar surface area (TPSA) is 34.1 Å². The van der Waals surface area contributed by atoms with Gasteiger partial charge in [-0.2, -0.15) is 0 Å². The van der Waals surface area contributed by atoms with Crippen molar-refractivity contribution in [3.8, 4) is 0 Å². The highest BCUT2D eigenvalue weighted by Gasteiger charge is 2.71.